The first-order valence-corrected chi connectivity index (χ1v) is 6.70. The van der Waals surface area contributed by atoms with Crippen LogP contribution in [-0.2, 0) is 6.54 Å². The average molecular weight is 272 g/mol. The van der Waals surface area contributed by atoms with E-state index in [0.29, 0.717) is 17.3 Å². The largest absolute Gasteiger partial charge is 0.497 e. The van der Waals surface area contributed by atoms with Gasteiger partial charge in [0, 0.05) is 23.8 Å². The van der Waals surface area contributed by atoms with Crippen molar-refractivity contribution in [2.24, 2.45) is 0 Å². The van der Waals surface area contributed by atoms with Crippen LogP contribution in [0.5, 0.6) is 5.75 Å². The van der Waals surface area contributed by atoms with Crippen molar-refractivity contribution in [2.75, 3.05) is 7.11 Å². The Labute approximate surface area is 119 Å². The number of rotatable bonds is 6. The van der Waals surface area contributed by atoms with Crippen LogP contribution in [0.25, 0.3) is 0 Å². The molecule has 0 aliphatic rings. The van der Waals surface area contributed by atoms with Crippen molar-refractivity contribution >= 4 is 5.78 Å². The quantitative estimate of drug-likeness (QED) is 0.795. The van der Waals surface area contributed by atoms with E-state index in [9.17, 15) is 4.79 Å². The third kappa shape index (κ3) is 3.48. The van der Waals surface area contributed by atoms with Gasteiger partial charge in [0.15, 0.2) is 0 Å². The number of ether oxygens (including phenoxy) is 1. The summed E-state index contributed by atoms with van der Waals surface area (Å²) in [7, 11) is 1.61. The Hall–Kier alpha value is -2.07. The molecule has 106 valence electrons. The first-order chi connectivity index (χ1) is 9.60. The molecule has 0 saturated carbocycles. The van der Waals surface area contributed by atoms with Crippen molar-refractivity contribution in [3.8, 4) is 5.75 Å². The zero-order chi connectivity index (χ0) is 14.5. The molecule has 0 aliphatic carbocycles. The van der Waals surface area contributed by atoms with E-state index in [1.54, 1.807) is 31.4 Å². The van der Waals surface area contributed by atoms with Crippen molar-refractivity contribution in [1.29, 1.82) is 0 Å². The molecular weight excluding hydrogens is 252 g/mol. The fraction of sp³-hybridized carbons (Fsp3) is 0.312. The molecule has 4 heteroatoms. The molecule has 0 aliphatic heterocycles. The molecule has 2 aromatic rings. The maximum Gasteiger partial charge on any atom is 0.209 e. The second-order valence-corrected chi connectivity index (χ2v) is 4.99. The predicted molar refractivity (Wildman–Crippen MR) is 79.2 cm³/mol. The molecule has 20 heavy (non-hydrogen) atoms. The van der Waals surface area contributed by atoms with E-state index in [2.05, 4.69) is 24.1 Å². The molecule has 0 amide bonds. The van der Waals surface area contributed by atoms with E-state index in [0.717, 1.165) is 18.0 Å². The molecule has 0 saturated heterocycles. The van der Waals surface area contributed by atoms with E-state index in [1.807, 2.05) is 12.1 Å². The average Bonchev–Trinajstić information content (AvgIpc) is 2.93. The maximum absolute atomic E-state index is 12.3. The highest BCUT2D eigenvalue weighted by Crippen LogP contribution is 2.15. The summed E-state index contributed by atoms with van der Waals surface area (Å²) in [6, 6.07) is 11.3. The molecule has 0 atom stereocenters. The van der Waals surface area contributed by atoms with Crippen LogP contribution in [0.15, 0.2) is 36.4 Å². The van der Waals surface area contributed by atoms with Crippen molar-refractivity contribution in [3.63, 3.8) is 0 Å². The number of methoxy groups -OCH3 is 1. The Bertz CT molecular complexity index is 570. The standard InChI is InChI=1S/C16H20N2O2/c1-11(2)17-10-13-6-9-15(18-13)16(19)12-4-7-14(20-3)8-5-12/h4-9,11,17-18H,10H2,1-3H3. The number of hydrogen-bond acceptors (Lipinski definition) is 3. The minimum absolute atomic E-state index is 0.0107. The lowest BCUT2D eigenvalue weighted by molar-refractivity contribution is 0.103. The first-order valence-electron chi connectivity index (χ1n) is 6.70. The minimum atomic E-state index is -0.0107. The van der Waals surface area contributed by atoms with E-state index in [1.165, 1.54) is 0 Å². The number of H-pyrrole nitrogens is 1. The van der Waals surface area contributed by atoms with Gasteiger partial charge in [-0.25, -0.2) is 0 Å². The van der Waals surface area contributed by atoms with Crippen LogP contribution in [0.3, 0.4) is 0 Å². The molecule has 2 rings (SSSR count). The molecule has 0 spiro atoms. The summed E-state index contributed by atoms with van der Waals surface area (Å²) in [4.78, 5) is 15.5. The summed E-state index contributed by atoms with van der Waals surface area (Å²) in [6.07, 6.45) is 0. The molecule has 4 nitrogen and oxygen atoms in total. The second-order valence-electron chi connectivity index (χ2n) is 4.99. The summed E-state index contributed by atoms with van der Waals surface area (Å²) in [5.74, 6) is 0.735. The van der Waals surface area contributed by atoms with Gasteiger partial charge in [-0.1, -0.05) is 13.8 Å². The zero-order valence-corrected chi connectivity index (χ0v) is 12.1. The van der Waals surface area contributed by atoms with E-state index in [4.69, 9.17) is 4.74 Å². The predicted octanol–water partition coefficient (Wildman–Crippen LogP) is 2.75. The number of hydrogen-bond donors (Lipinski definition) is 2. The fourth-order valence-corrected chi connectivity index (χ4v) is 1.89. The molecule has 1 heterocycles. The minimum Gasteiger partial charge on any atom is -0.497 e. The van der Waals surface area contributed by atoms with E-state index >= 15 is 0 Å². The third-order valence-corrected chi connectivity index (χ3v) is 3.04. The summed E-state index contributed by atoms with van der Waals surface area (Å²) in [6.45, 7) is 4.91. The van der Waals surface area contributed by atoms with Gasteiger partial charge < -0.3 is 15.0 Å². The highest BCUT2D eigenvalue weighted by atomic mass is 16.5. The van der Waals surface area contributed by atoms with Gasteiger partial charge in [0.2, 0.25) is 5.78 Å². The SMILES string of the molecule is COc1ccc(C(=O)c2ccc(CNC(C)C)[nH]2)cc1. The third-order valence-electron chi connectivity index (χ3n) is 3.04. The molecule has 1 aromatic carbocycles. The fourth-order valence-electron chi connectivity index (χ4n) is 1.89. The van der Waals surface area contributed by atoms with E-state index < -0.39 is 0 Å². The molecule has 0 unspecified atom stereocenters. The number of ketones is 1. The Kier molecular flexibility index (Phi) is 4.58. The molecule has 2 N–H and O–H groups in total. The van der Waals surface area contributed by atoms with Crippen molar-refractivity contribution in [3.05, 3.63) is 53.3 Å². The van der Waals surface area contributed by atoms with Gasteiger partial charge in [-0.15, -0.1) is 0 Å². The Balaban J connectivity index is 2.08. The molecule has 0 radical (unpaired) electrons. The van der Waals surface area contributed by atoms with Crippen LogP contribution in [-0.4, -0.2) is 23.9 Å². The Morgan fingerprint density at radius 2 is 1.90 bits per heavy atom. The Morgan fingerprint density at radius 1 is 1.20 bits per heavy atom. The number of carbonyl (C=O) groups is 1. The van der Waals surface area contributed by atoms with E-state index in [-0.39, 0.29) is 5.78 Å². The van der Waals surface area contributed by atoms with Crippen LogP contribution in [0, 0.1) is 0 Å². The highest BCUT2D eigenvalue weighted by Gasteiger charge is 2.11. The maximum atomic E-state index is 12.3. The molecule has 0 bridgehead atoms. The summed E-state index contributed by atoms with van der Waals surface area (Å²) < 4.78 is 5.09. The summed E-state index contributed by atoms with van der Waals surface area (Å²) in [5.41, 5.74) is 2.27. The van der Waals surface area contributed by atoms with Gasteiger partial charge in [-0.05, 0) is 36.4 Å². The number of aromatic amines is 1. The molecule has 0 fully saturated rings. The smallest absolute Gasteiger partial charge is 0.209 e. The number of benzene rings is 1. The lowest BCUT2D eigenvalue weighted by atomic mass is 10.1. The first kappa shape index (κ1) is 14.3. The van der Waals surface area contributed by atoms with Gasteiger partial charge in [0.1, 0.15) is 5.75 Å². The lowest BCUT2D eigenvalue weighted by Crippen LogP contribution is -2.22. The number of nitrogens with one attached hydrogen (secondary N) is 2. The number of aromatic nitrogens is 1. The second kappa shape index (κ2) is 6.39. The molecular formula is C16H20N2O2. The van der Waals surface area contributed by atoms with Crippen molar-refractivity contribution in [1.82, 2.24) is 10.3 Å². The summed E-state index contributed by atoms with van der Waals surface area (Å²) in [5, 5.41) is 3.31. The van der Waals surface area contributed by atoms with Crippen LogP contribution < -0.4 is 10.1 Å². The van der Waals surface area contributed by atoms with Gasteiger partial charge in [0.05, 0.1) is 12.8 Å². The number of carbonyl (C=O) groups excluding carboxylic acids is 1. The van der Waals surface area contributed by atoms with Gasteiger partial charge >= 0.3 is 0 Å². The zero-order valence-electron chi connectivity index (χ0n) is 12.1. The lowest BCUT2D eigenvalue weighted by Gasteiger charge is -2.06. The van der Waals surface area contributed by atoms with Crippen molar-refractivity contribution in [2.45, 2.75) is 26.4 Å². The van der Waals surface area contributed by atoms with Crippen molar-refractivity contribution < 1.29 is 9.53 Å². The van der Waals surface area contributed by atoms with Crippen LogP contribution >= 0.6 is 0 Å². The normalized spacial score (nSPS) is 10.8. The van der Waals surface area contributed by atoms with Crippen LogP contribution in [0.2, 0.25) is 0 Å². The monoisotopic (exact) mass is 272 g/mol. The Morgan fingerprint density at radius 3 is 2.50 bits per heavy atom. The van der Waals surface area contributed by atoms with Gasteiger partial charge in [0.25, 0.3) is 0 Å². The molecule has 1 aromatic heterocycles. The van der Waals surface area contributed by atoms with Crippen LogP contribution in [0.4, 0.5) is 0 Å². The highest BCUT2D eigenvalue weighted by molar-refractivity contribution is 6.07. The summed E-state index contributed by atoms with van der Waals surface area (Å²) >= 11 is 0. The topological polar surface area (TPSA) is 54.1 Å². The van der Waals surface area contributed by atoms with Crippen LogP contribution in [0.1, 0.15) is 35.6 Å². The van der Waals surface area contributed by atoms with Gasteiger partial charge in [-0.3, -0.25) is 4.79 Å². The van der Waals surface area contributed by atoms with Gasteiger partial charge in [-0.2, -0.15) is 0 Å².